The van der Waals surface area contributed by atoms with Gasteiger partial charge < -0.3 is 14.6 Å². The molecule has 3 aromatic rings. The number of imidazole rings is 1. The van der Waals surface area contributed by atoms with Crippen molar-refractivity contribution in [1.29, 1.82) is 0 Å². The van der Waals surface area contributed by atoms with Crippen LogP contribution in [-0.2, 0) is 9.53 Å². The predicted molar refractivity (Wildman–Crippen MR) is 101 cm³/mol. The second-order valence-corrected chi connectivity index (χ2v) is 7.92. The highest BCUT2D eigenvalue weighted by Gasteiger charge is 2.35. The van der Waals surface area contributed by atoms with Crippen LogP contribution in [0, 0.1) is 11.8 Å². The molecule has 2 aliphatic rings. The fourth-order valence-electron chi connectivity index (χ4n) is 4.56. The van der Waals surface area contributed by atoms with Crippen molar-refractivity contribution in [3.05, 3.63) is 30.5 Å². The molecule has 2 fully saturated rings. The Bertz CT molecular complexity index is 971. The van der Waals surface area contributed by atoms with Crippen molar-refractivity contribution in [1.82, 2.24) is 24.3 Å². The van der Waals surface area contributed by atoms with Gasteiger partial charge in [-0.1, -0.05) is 6.92 Å². The predicted octanol–water partition coefficient (Wildman–Crippen LogP) is 2.59. The van der Waals surface area contributed by atoms with Gasteiger partial charge in [-0.25, -0.2) is 9.97 Å². The third-order valence-electron chi connectivity index (χ3n) is 6.20. The molecular weight excluding hydrogens is 342 g/mol. The standard InChI is InChI=1S/C20H25N5O2/c1-13-5-7-24(20(26)14-3-2-8-27-12-14)11-16(13)19-23-10-15-9-22-18-17(25(15)19)4-6-21-18/h4,6,9-10,13-14,16,21H,2-3,5,7-8,11-12H2,1H3. The van der Waals surface area contributed by atoms with Gasteiger partial charge in [0.25, 0.3) is 0 Å². The lowest BCUT2D eigenvalue weighted by molar-refractivity contribution is -0.141. The van der Waals surface area contributed by atoms with E-state index in [1.807, 2.05) is 29.6 Å². The fourth-order valence-corrected chi connectivity index (χ4v) is 4.56. The molecule has 3 atom stereocenters. The summed E-state index contributed by atoms with van der Waals surface area (Å²) in [5.74, 6) is 1.99. The summed E-state index contributed by atoms with van der Waals surface area (Å²) >= 11 is 0. The van der Waals surface area contributed by atoms with E-state index < -0.39 is 0 Å². The molecule has 1 amide bonds. The van der Waals surface area contributed by atoms with Crippen molar-refractivity contribution in [3.63, 3.8) is 0 Å². The largest absolute Gasteiger partial charge is 0.381 e. The number of aromatic nitrogens is 4. The van der Waals surface area contributed by atoms with E-state index in [0.717, 1.165) is 61.5 Å². The van der Waals surface area contributed by atoms with Crippen LogP contribution in [0.15, 0.2) is 24.7 Å². The number of hydrogen-bond acceptors (Lipinski definition) is 4. The molecule has 142 valence electrons. The minimum atomic E-state index is 0.0189. The molecule has 0 aliphatic carbocycles. The summed E-state index contributed by atoms with van der Waals surface area (Å²) in [4.78, 5) is 27.4. The van der Waals surface area contributed by atoms with Crippen LogP contribution in [0.5, 0.6) is 0 Å². The van der Waals surface area contributed by atoms with Crippen LogP contribution in [-0.4, -0.2) is 56.5 Å². The van der Waals surface area contributed by atoms with Gasteiger partial charge in [0, 0.05) is 31.8 Å². The first-order chi connectivity index (χ1) is 13.2. The molecule has 0 bridgehead atoms. The number of piperidine rings is 1. The Morgan fingerprint density at radius 3 is 3.04 bits per heavy atom. The van der Waals surface area contributed by atoms with Crippen molar-refractivity contribution < 1.29 is 9.53 Å². The maximum absolute atomic E-state index is 13.0. The third kappa shape index (κ3) is 2.81. The fraction of sp³-hybridized carbons (Fsp3) is 0.550. The van der Waals surface area contributed by atoms with E-state index in [2.05, 4.69) is 21.3 Å². The smallest absolute Gasteiger partial charge is 0.228 e. The van der Waals surface area contributed by atoms with Gasteiger partial charge in [-0.3, -0.25) is 9.20 Å². The van der Waals surface area contributed by atoms with Gasteiger partial charge in [-0.15, -0.1) is 0 Å². The molecule has 0 aromatic carbocycles. The van der Waals surface area contributed by atoms with Gasteiger partial charge in [0.15, 0.2) is 5.65 Å². The lowest BCUT2D eigenvalue weighted by Gasteiger charge is -2.38. The first kappa shape index (κ1) is 16.7. The average molecular weight is 367 g/mol. The molecule has 2 aliphatic heterocycles. The maximum atomic E-state index is 13.0. The molecule has 0 radical (unpaired) electrons. The molecule has 5 heterocycles. The molecule has 0 saturated carbocycles. The Labute approximate surface area is 157 Å². The van der Waals surface area contributed by atoms with E-state index in [1.165, 1.54) is 0 Å². The monoisotopic (exact) mass is 367 g/mol. The normalized spacial score (nSPS) is 26.7. The SMILES string of the molecule is CC1CCN(C(=O)C2CCCOC2)CC1c1ncc2cnc3[nH]ccc3n12. The van der Waals surface area contributed by atoms with E-state index >= 15 is 0 Å². The summed E-state index contributed by atoms with van der Waals surface area (Å²) in [5.41, 5.74) is 2.89. The van der Waals surface area contributed by atoms with Gasteiger partial charge in [-0.05, 0) is 31.2 Å². The number of nitrogens with one attached hydrogen (secondary N) is 1. The lowest BCUT2D eigenvalue weighted by Crippen LogP contribution is -2.46. The zero-order valence-corrected chi connectivity index (χ0v) is 15.6. The molecule has 7 nitrogen and oxygen atoms in total. The number of H-pyrrole nitrogens is 1. The number of carbonyl (C=O) groups is 1. The van der Waals surface area contributed by atoms with Gasteiger partial charge in [0.05, 0.1) is 36.0 Å². The molecule has 3 unspecified atom stereocenters. The second kappa shape index (κ2) is 6.64. The zero-order valence-electron chi connectivity index (χ0n) is 15.6. The van der Waals surface area contributed by atoms with E-state index in [4.69, 9.17) is 9.72 Å². The van der Waals surface area contributed by atoms with Gasteiger partial charge in [0.1, 0.15) is 5.82 Å². The Morgan fingerprint density at radius 2 is 2.19 bits per heavy atom. The van der Waals surface area contributed by atoms with Crippen LogP contribution in [0.3, 0.4) is 0 Å². The topological polar surface area (TPSA) is 75.5 Å². The summed E-state index contributed by atoms with van der Waals surface area (Å²) < 4.78 is 7.73. The second-order valence-electron chi connectivity index (χ2n) is 7.92. The summed E-state index contributed by atoms with van der Waals surface area (Å²) in [6, 6.07) is 2.04. The van der Waals surface area contributed by atoms with Gasteiger partial charge >= 0.3 is 0 Å². The molecule has 0 spiro atoms. The average Bonchev–Trinajstić information content (AvgIpc) is 3.35. The first-order valence-electron chi connectivity index (χ1n) is 9.88. The van der Waals surface area contributed by atoms with E-state index in [-0.39, 0.29) is 17.7 Å². The zero-order chi connectivity index (χ0) is 18.4. The number of fused-ring (bicyclic) bond motifs is 3. The molecule has 1 N–H and O–H groups in total. The quantitative estimate of drug-likeness (QED) is 0.755. The van der Waals surface area contributed by atoms with E-state index in [0.29, 0.717) is 12.5 Å². The lowest BCUT2D eigenvalue weighted by atomic mass is 9.85. The Morgan fingerprint density at radius 1 is 1.30 bits per heavy atom. The molecule has 3 aromatic heterocycles. The molecule has 27 heavy (non-hydrogen) atoms. The summed E-state index contributed by atoms with van der Waals surface area (Å²) in [7, 11) is 0. The number of hydrogen-bond donors (Lipinski definition) is 1. The van der Waals surface area contributed by atoms with Gasteiger partial charge in [0.2, 0.25) is 5.91 Å². The van der Waals surface area contributed by atoms with Crippen molar-refractivity contribution in [2.24, 2.45) is 11.8 Å². The molecule has 5 rings (SSSR count). The minimum absolute atomic E-state index is 0.0189. The summed E-state index contributed by atoms with van der Waals surface area (Å²) in [6.45, 7) is 5.18. The number of nitrogens with zero attached hydrogens (tertiary/aromatic N) is 4. The highest BCUT2D eigenvalue weighted by atomic mass is 16.5. The first-order valence-corrected chi connectivity index (χ1v) is 9.88. The van der Waals surface area contributed by atoms with Crippen LogP contribution in [0.25, 0.3) is 16.7 Å². The third-order valence-corrected chi connectivity index (χ3v) is 6.20. The summed E-state index contributed by atoms with van der Waals surface area (Å²) in [6.07, 6.45) is 8.57. The maximum Gasteiger partial charge on any atom is 0.228 e. The van der Waals surface area contributed by atoms with Crippen molar-refractivity contribution in [2.45, 2.75) is 32.1 Å². The molecule has 2 saturated heterocycles. The number of likely N-dealkylation sites (tertiary alicyclic amines) is 1. The van der Waals surface area contributed by atoms with E-state index in [1.54, 1.807) is 0 Å². The van der Waals surface area contributed by atoms with Crippen molar-refractivity contribution in [2.75, 3.05) is 26.3 Å². The van der Waals surface area contributed by atoms with Crippen LogP contribution in [0.4, 0.5) is 0 Å². The van der Waals surface area contributed by atoms with Crippen molar-refractivity contribution in [3.8, 4) is 0 Å². The number of amides is 1. The number of carbonyl (C=O) groups excluding carboxylic acids is 1. The van der Waals surface area contributed by atoms with Crippen molar-refractivity contribution >= 4 is 22.6 Å². The van der Waals surface area contributed by atoms with Crippen LogP contribution < -0.4 is 0 Å². The molecule has 7 heteroatoms. The summed E-state index contributed by atoms with van der Waals surface area (Å²) in [5, 5.41) is 0. The number of rotatable bonds is 2. The van der Waals surface area contributed by atoms with E-state index in [9.17, 15) is 4.79 Å². The number of aromatic amines is 1. The Hall–Kier alpha value is -2.41. The highest BCUT2D eigenvalue weighted by molar-refractivity contribution is 5.79. The number of ether oxygens (including phenoxy) is 1. The van der Waals surface area contributed by atoms with Gasteiger partial charge in [-0.2, -0.15) is 0 Å². The molecular formula is C20H25N5O2. The van der Waals surface area contributed by atoms with Crippen LogP contribution >= 0.6 is 0 Å². The van der Waals surface area contributed by atoms with Crippen LogP contribution in [0.1, 0.15) is 37.9 Å². The Kier molecular flexibility index (Phi) is 4.11. The Balaban J connectivity index is 1.47. The highest BCUT2D eigenvalue weighted by Crippen LogP contribution is 2.34. The van der Waals surface area contributed by atoms with Crippen LogP contribution in [0.2, 0.25) is 0 Å². The minimum Gasteiger partial charge on any atom is -0.381 e.